The van der Waals surface area contributed by atoms with Crippen LogP contribution in [0.25, 0.3) is 0 Å². The van der Waals surface area contributed by atoms with Gasteiger partial charge in [-0.25, -0.2) is 0 Å². The summed E-state index contributed by atoms with van der Waals surface area (Å²) in [4.78, 5) is 11.8. The molecule has 0 aliphatic heterocycles. The lowest BCUT2D eigenvalue weighted by Crippen LogP contribution is -2.33. The van der Waals surface area contributed by atoms with Gasteiger partial charge in [0.1, 0.15) is 0 Å². The molecule has 0 aliphatic carbocycles. The fourth-order valence-electron chi connectivity index (χ4n) is 1.65. The molecule has 2 nitrogen and oxygen atoms in total. The molecule has 1 rings (SSSR count). The largest absolute Gasteiger partial charge is 0.349 e. The maximum absolute atomic E-state index is 11.9. The maximum atomic E-state index is 11.9. The van der Waals surface area contributed by atoms with Crippen LogP contribution in [0.3, 0.4) is 0 Å². The lowest BCUT2D eigenvalue weighted by atomic mass is 10.1. The number of unbranched alkanes of at least 4 members (excludes halogenated alkanes) is 1. The predicted molar refractivity (Wildman–Crippen MR) is 80.2 cm³/mol. The molecule has 0 spiro atoms. The molecule has 0 saturated carbocycles. The van der Waals surface area contributed by atoms with Gasteiger partial charge < -0.3 is 5.32 Å². The molecule has 1 N–H and O–H groups in total. The molecule has 18 heavy (non-hydrogen) atoms. The van der Waals surface area contributed by atoms with Crippen LogP contribution in [0.1, 0.15) is 44.7 Å². The smallest absolute Gasteiger partial charge is 0.234 e. The first-order valence-corrected chi connectivity index (χ1v) is 7.54. The van der Waals surface area contributed by atoms with E-state index in [0.717, 1.165) is 24.8 Å². The van der Waals surface area contributed by atoms with Gasteiger partial charge in [-0.3, -0.25) is 4.79 Å². The summed E-state index contributed by atoms with van der Waals surface area (Å²) in [5.41, 5.74) is 1.06. The number of halogens is 2. The van der Waals surface area contributed by atoms with Crippen molar-refractivity contribution in [3.8, 4) is 0 Å². The lowest BCUT2D eigenvalue weighted by Gasteiger charge is -2.17. The number of nitrogens with one attached hydrogen (secondary N) is 1. The van der Waals surface area contributed by atoms with Crippen LogP contribution in [-0.2, 0) is 4.79 Å². The Hall–Kier alpha value is -0.540. The Bertz CT molecular complexity index is 380. The van der Waals surface area contributed by atoms with Crippen LogP contribution in [0.4, 0.5) is 0 Å². The van der Waals surface area contributed by atoms with Gasteiger partial charge in [0.05, 0.1) is 10.9 Å². The summed E-state index contributed by atoms with van der Waals surface area (Å²) in [6.45, 7) is 4.09. The van der Waals surface area contributed by atoms with Crippen molar-refractivity contribution in [2.75, 3.05) is 0 Å². The van der Waals surface area contributed by atoms with E-state index in [9.17, 15) is 4.79 Å². The number of carbonyl (C=O) groups is 1. The van der Waals surface area contributed by atoms with Gasteiger partial charge in [-0.2, -0.15) is 0 Å². The Balaban J connectivity index is 2.51. The molecule has 1 amide bonds. The Kier molecular flexibility index (Phi) is 6.72. The number of hydrogen-bond donors (Lipinski definition) is 1. The molecule has 1 aromatic carbocycles. The third kappa shape index (κ3) is 4.99. The molecule has 0 saturated heterocycles. The van der Waals surface area contributed by atoms with Crippen LogP contribution in [0.2, 0.25) is 5.02 Å². The van der Waals surface area contributed by atoms with E-state index >= 15 is 0 Å². The normalized spacial score (nSPS) is 14.0. The van der Waals surface area contributed by atoms with Crippen LogP contribution in [0, 0.1) is 0 Å². The van der Waals surface area contributed by atoms with E-state index < -0.39 is 0 Å². The minimum atomic E-state index is -0.104. The van der Waals surface area contributed by atoms with Crippen molar-refractivity contribution in [3.05, 3.63) is 34.9 Å². The van der Waals surface area contributed by atoms with Gasteiger partial charge in [-0.1, -0.05) is 59.4 Å². The van der Waals surface area contributed by atoms with Crippen LogP contribution < -0.4 is 5.32 Å². The fourth-order valence-corrected chi connectivity index (χ4v) is 2.23. The molecular weight excluding hydrogens is 314 g/mol. The van der Waals surface area contributed by atoms with Gasteiger partial charge in [0.15, 0.2) is 0 Å². The summed E-state index contributed by atoms with van der Waals surface area (Å²) in [6.07, 6.45) is 3.02. The number of carbonyl (C=O) groups excluding carboxylic acids is 1. The zero-order chi connectivity index (χ0) is 13.5. The zero-order valence-corrected chi connectivity index (χ0v) is 13.1. The second-order valence-corrected chi connectivity index (χ2v) is 5.93. The monoisotopic (exact) mass is 331 g/mol. The lowest BCUT2D eigenvalue weighted by molar-refractivity contribution is -0.121. The molecule has 0 aromatic heterocycles. The van der Waals surface area contributed by atoms with Crippen molar-refractivity contribution >= 4 is 33.4 Å². The molecule has 1 aromatic rings. The van der Waals surface area contributed by atoms with Gasteiger partial charge in [0.2, 0.25) is 5.91 Å². The molecule has 100 valence electrons. The summed E-state index contributed by atoms with van der Waals surface area (Å²) in [5, 5.41) is 3.70. The topological polar surface area (TPSA) is 29.1 Å². The minimum absolute atomic E-state index is 0.00329. The molecule has 0 fully saturated rings. The predicted octanol–water partition coefficient (Wildman–Crippen LogP) is 4.47. The first-order chi connectivity index (χ1) is 8.54. The minimum Gasteiger partial charge on any atom is -0.349 e. The summed E-state index contributed by atoms with van der Waals surface area (Å²) in [6, 6.07) is 7.53. The van der Waals surface area contributed by atoms with Crippen LogP contribution >= 0.6 is 27.5 Å². The highest BCUT2D eigenvalue weighted by Gasteiger charge is 2.16. The quantitative estimate of drug-likeness (QED) is 0.765. The van der Waals surface area contributed by atoms with Crippen LogP contribution in [0.15, 0.2) is 24.3 Å². The first kappa shape index (κ1) is 15.5. The van der Waals surface area contributed by atoms with Crippen molar-refractivity contribution in [2.24, 2.45) is 0 Å². The van der Waals surface area contributed by atoms with Gasteiger partial charge in [0.25, 0.3) is 0 Å². The third-order valence-corrected chi connectivity index (χ3v) is 3.95. The van der Waals surface area contributed by atoms with E-state index in [0.29, 0.717) is 5.02 Å². The molecule has 0 heterocycles. The van der Waals surface area contributed by atoms with Gasteiger partial charge in [0, 0.05) is 5.02 Å². The van der Waals surface area contributed by atoms with E-state index in [4.69, 9.17) is 11.6 Å². The summed E-state index contributed by atoms with van der Waals surface area (Å²) in [5.74, 6) is 0.0471. The average molecular weight is 333 g/mol. The Labute approximate surface area is 122 Å². The SMILES string of the molecule is CCCCC(Br)C(=O)NC(C)c1ccc(Cl)cc1. The summed E-state index contributed by atoms with van der Waals surface area (Å²) >= 11 is 9.26. The van der Waals surface area contributed by atoms with Gasteiger partial charge >= 0.3 is 0 Å². The molecule has 0 aliphatic rings. The van der Waals surface area contributed by atoms with Crippen molar-refractivity contribution in [2.45, 2.75) is 44.0 Å². The zero-order valence-electron chi connectivity index (χ0n) is 10.7. The number of amides is 1. The van der Waals surface area contributed by atoms with Crippen molar-refractivity contribution in [3.63, 3.8) is 0 Å². The number of alkyl halides is 1. The molecule has 0 bridgehead atoms. The van der Waals surface area contributed by atoms with Crippen molar-refractivity contribution in [1.29, 1.82) is 0 Å². The highest BCUT2D eigenvalue weighted by atomic mass is 79.9. The van der Waals surface area contributed by atoms with Crippen molar-refractivity contribution in [1.82, 2.24) is 5.32 Å². The number of hydrogen-bond acceptors (Lipinski definition) is 1. The Morgan fingerprint density at radius 3 is 2.56 bits per heavy atom. The molecule has 0 radical (unpaired) electrons. The average Bonchev–Trinajstić information content (AvgIpc) is 2.36. The second-order valence-electron chi connectivity index (χ2n) is 4.39. The highest BCUT2D eigenvalue weighted by molar-refractivity contribution is 9.10. The third-order valence-electron chi connectivity index (χ3n) is 2.82. The fraction of sp³-hybridized carbons (Fsp3) is 0.500. The van der Waals surface area contributed by atoms with Crippen LogP contribution in [-0.4, -0.2) is 10.7 Å². The number of benzene rings is 1. The van der Waals surface area contributed by atoms with E-state index in [-0.39, 0.29) is 16.8 Å². The molecule has 4 heteroatoms. The molecule has 2 atom stereocenters. The Morgan fingerprint density at radius 1 is 1.39 bits per heavy atom. The molecule has 2 unspecified atom stereocenters. The van der Waals surface area contributed by atoms with E-state index in [1.165, 1.54) is 0 Å². The van der Waals surface area contributed by atoms with Gasteiger partial charge in [-0.15, -0.1) is 0 Å². The Morgan fingerprint density at radius 2 is 2.00 bits per heavy atom. The van der Waals surface area contributed by atoms with E-state index in [1.807, 2.05) is 31.2 Å². The first-order valence-electron chi connectivity index (χ1n) is 6.24. The van der Waals surface area contributed by atoms with Crippen LogP contribution in [0.5, 0.6) is 0 Å². The molecular formula is C14H19BrClNO. The van der Waals surface area contributed by atoms with Crippen molar-refractivity contribution < 1.29 is 4.79 Å². The summed E-state index contributed by atoms with van der Waals surface area (Å²) < 4.78 is 0. The van der Waals surface area contributed by atoms with E-state index in [1.54, 1.807) is 0 Å². The van der Waals surface area contributed by atoms with Gasteiger partial charge in [-0.05, 0) is 31.0 Å². The number of rotatable bonds is 6. The second kappa shape index (κ2) is 7.80. The highest BCUT2D eigenvalue weighted by Crippen LogP contribution is 2.17. The summed E-state index contributed by atoms with van der Waals surface area (Å²) in [7, 11) is 0. The van der Waals surface area contributed by atoms with E-state index in [2.05, 4.69) is 28.2 Å². The maximum Gasteiger partial charge on any atom is 0.234 e. The standard InChI is InChI=1S/C14H19BrClNO/c1-3-4-5-13(15)14(18)17-10(2)11-6-8-12(16)9-7-11/h6-10,13H,3-5H2,1-2H3,(H,17,18).